The van der Waals surface area contributed by atoms with Crippen molar-refractivity contribution < 1.29 is 31.9 Å². The number of anilines is 1. The van der Waals surface area contributed by atoms with Crippen LogP contribution in [0.1, 0.15) is 18.4 Å². The monoisotopic (exact) mass is 453 g/mol. The van der Waals surface area contributed by atoms with Gasteiger partial charge < -0.3 is 15.4 Å². The molecule has 1 saturated heterocycles. The minimum Gasteiger partial charge on any atom is -0.406 e. The maximum absolute atomic E-state index is 12.9. The van der Waals surface area contributed by atoms with Crippen LogP contribution in [0, 0.1) is 11.7 Å². The fourth-order valence-corrected chi connectivity index (χ4v) is 3.43. The first-order chi connectivity index (χ1) is 15.2. The minimum atomic E-state index is -4.77. The number of halogens is 4. The molecule has 1 aliphatic rings. The molecule has 0 spiro atoms. The summed E-state index contributed by atoms with van der Waals surface area (Å²) in [4.78, 5) is 26.5. The van der Waals surface area contributed by atoms with Gasteiger partial charge in [-0.05, 0) is 67.9 Å². The summed E-state index contributed by atoms with van der Waals surface area (Å²) in [5, 5.41) is 5.49. The van der Waals surface area contributed by atoms with E-state index in [0.29, 0.717) is 38.2 Å². The number of hydrogen-bond acceptors (Lipinski definition) is 4. The molecule has 10 heteroatoms. The van der Waals surface area contributed by atoms with Gasteiger partial charge in [-0.1, -0.05) is 12.1 Å². The molecular formula is C22H23F4N3O3. The summed E-state index contributed by atoms with van der Waals surface area (Å²) >= 11 is 0. The highest BCUT2D eigenvalue weighted by Gasteiger charge is 2.31. The molecule has 1 aliphatic heterocycles. The Labute approximate surface area is 182 Å². The van der Waals surface area contributed by atoms with Crippen molar-refractivity contribution in [2.24, 2.45) is 5.92 Å². The smallest absolute Gasteiger partial charge is 0.406 e. The molecule has 3 rings (SSSR count). The Balaban J connectivity index is 1.38. The average Bonchev–Trinajstić information content (AvgIpc) is 2.74. The van der Waals surface area contributed by atoms with Crippen LogP contribution >= 0.6 is 0 Å². The van der Waals surface area contributed by atoms with Gasteiger partial charge in [0.25, 0.3) is 0 Å². The first-order valence-electron chi connectivity index (χ1n) is 10.1. The topological polar surface area (TPSA) is 70.7 Å². The summed E-state index contributed by atoms with van der Waals surface area (Å²) in [5.41, 5.74) is 1.17. The first kappa shape index (κ1) is 23.5. The molecule has 2 aromatic carbocycles. The molecule has 0 unspecified atom stereocenters. The molecule has 2 amide bonds. The van der Waals surface area contributed by atoms with Crippen LogP contribution in [0.15, 0.2) is 48.5 Å². The molecule has 0 saturated carbocycles. The van der Waals surface area contributed by atoms with E-state index in [4.69, 9.17) is 0 Å². The van der Waals surface area contributed by atoms with Gasteiger partial charge in [0.05, 0.1) is 6.54 Å². The molecule has 0 radical (unpaired) electrons. The number of alkyl halides is 3. The highest BCUT2D eigenvalue weighted by Crippen LogP contribution is 2.24. The van der Waals surface area contributed by atoms with Gasteiger partial charge in [-0.3, -0.25) is 14.5 Å². The lowest BCUT2D eigenvalue weighted by Crippen LogP contribution is -2.43. The van der Waals surface area contributed by atoms with Gasteiger partial charge in [0, 0.05) is 18.2 Å². The highest BCUT2D eigenvalue weighted by molar-refractivity contribution is 5.92. The normalized spacial score (nSPS) is 15.2. The van der Waals surface area contributed by atoms with Gasteiger partial charge in [-0.25, -0.2) is 4.39 Å². The number of amides is 2. The van der Waals surface area contributed by atoms with Crippen LogP contribution in [0.2, 0.25) is 0 Å². The lowest BCUT2D eigenvalue weighted by atomic mass is 9.96. The van der Waals surface area contributed by atoms with E-state index < -0.39 is 6.36 Å². The number of carbonyl (C=O) groups is 2. The van der Waals surface area contributed by atoms with Crippen LogP contribution in [0.4, 0.5) is 23.2 Å². The minimum absolute atomic E-state index is 0.0698. The second-order valence-corrected chi connectivity index (χ2v) is 7.52. The van der Waals surface area contributed by atoms with Crippen molar-refractivity contribution in [3.63, 3.8) is 0 Å². The van der Waals surface area contributed by atoms with E-state index in [0.717, 1.165) is 17.7 Å². The summed E-state index contributed by atoms with van der Waals surface area (Å²) in [6, 6.07) is 10.8. The number of benzene rings is 2. The Morgan fingerprint density at radius 1 is 1.00 bits per heavy atom. The Kier molecular flexibility index (Phi) is 7.68. The molecule has 172 valence electrons. The molecule has 2 aromatic rings. The standard InChI is InChI=1S/C22H23F4N3O3/c23-17-3-1-15(2-4-17)13-27-21(31)16-9-11-29(12-10-16)14-20(30)28-18-5-7-19(8-6-18)32-22(24,25)26/h1-8,16H,9-14H2,(H,27,31)(H,28,30). The van der Waals surface area contributed by atoms with Crippen LogP contribution in [0.3, 0.4) is 0 Å². The number of nitrogens with zero attached hydrogens (tertiary/aromatic N) is 1. The Morgan fingerprint density at radius 3 is 2.22 bits per heavy atom. The summed E-state index contributed by atoms with van der Waals surface area (Å²) in [5.74, 6) is -1.22. The lowest BCUT2D eigenvalue weighted by molar-refractivity contribution is -0.274. The quantitative estimate of drug-likeness (QED) is 0.628. The summed E-state index contributed by atoms with van der Waals surface area (Å²) in [7, 11) is 0. The maximum Gasteiger partial charge on any atom is 0.573 e. The van der Waals surface area contributed by atoms with Gasteiger partial charge in [-0.15, -0.1) is 13.2 Å². The van der Waals surface area contributed by atoms with Crippen molar-refractivity contribution in [3.05, 3.63) is 59.9 Å². The van der Waals surface area contributed by atoms with E-state index >= 15 is 0 Å². The third-order valence-electron chi connectivity index (χ3n) is 5.08. The lowest BCUT2D eigenvalue weighted by Gasteiger charge is -2.30. The molecule has 0 bridgehead atoms. The fraction of sp³-hybridized carbons (Fsp3) is 0.364. The SMILES string of the molecule is O=C(CN1CCC(C(=O)NCc2ccc(F)cc2)CC1)Nc1ccc(OC(F)(F)F)cc1. The third-order valence-corrected chi connectivity index (χ3v) is 5.08. The molecule has 0 aromatic heterocycles. The van der Waals surface area contributed by atoms with E-state index in [2.05, 4.69) is 15.4 Å². The molecule has 0 atom stereocenters. The van der Waals surface area contributed by atoms with Crippen molar-refractivity contribution >= 4 is 17.5 Å². The van der Waals surface area contributed by atoms with Crippen molar-refractivity contribution in [2.75, 3.05) is 25.0 Å². The second kappa shape index (κ2) is 10.4. The van der Waals surface area contributed by atoms with E-state index in [9.17, 15) is 27.2 Å². The number of piperidine rings is 1. The third kappa shape index (κ3) is 7.52. The number of hydrogen-bond donors (Lipinski definition) is 2. The Bertz CT molecular complexity index is 910. The predicted octanol–water partition coefficient (Wildman–Crippen LogP) is 3.69. The van der Waals surface area contributed by atoms with E-state index in [1.807, 2.05) is 4.90 Å². The molecule has 6 nitrogen and oxygen atoms in total. The van der Waals surface area contributed by atoms with Crippen LogP contribution in [-0.4, -0.2) is 42.7 Å². The Morgan fingerprint density at radius 2 is 1.62 bits per heavy atom. The first-order valence-corrected chi connectivity index (χ1v) is 10.1. The molecule has 1 fully saturated rings. The predicted molar refractivity (Wildman–Crippen MR) is 109 cm³/mol. The van der Waals surface area contributed by atoms with Crippen molar-refractivity contribution in [2.45, 2.75) is 25.7 Å². The molecule has 0 aliphatic carbocycles. The number of nitrogens with one attached hydrogen (secondary N) is 2. The molecule has 2 N–H and O–H groups in total. The van der Waals surface area contributed by atoms with Crippen LogP contribution in [0.25, 0.3) is 0 Å². The van der Waals surface area contributed by atoms with Crippen molar-refractivity contribution in [1.82, 2.24) is 10.2 Å². The average molecular weight is 453 g/mol. The van der Waals surface area contributed by atoms with Gasteiger partial charge in [0.1, 0.15) is 11.6 Å². The largest absolute Gasteiger partial charge is 0.573 e. The van der Waals surface area contributed by atoms with E-state index in [1.54, 1.807) is 12.1 Å². The van der Waals surface area contributed by atoms with Gasteiger partial charge >= 0.3 is 6.36 Å². The van der Waals surface area contributed by atoms with Crippen LogP contribution in [0.5, 0.6) is 5.75 Å². The molecule has 1 heterocycles. The maximum atomic E-state index is 12.9. The van der Waals surface area contributed by atoms with E-state index in [-0.39, 0.29) is 35.8 Å². The summed E-state index contributed by atoms with van der Waals surface area (Å²) in [6.45, 7) is 1.58. The fourth-order valence-electron chi connectivity index (χ4n) is 3.43. The number of likely N-dealkylation sites (tertiary alicyclic amines) is 1. The summed E-state index contributed by atoms with van der Waals surface area (Å²) < 4.78 is 53.3. The highest BCUT2D eigenvalue weighted by atomic mass is 19.4. The van der Waals surface area contributed by atoms with Crippen LogP contribution in [-0.2, 0) is 16.1 Å². The number of rotatable bonds is 7. The zero-order valence-electron chi connectivity index (χ0n) is 17.1. The second-order valence-electron chi connectivity index (χ2n) is 7.52. The zero-order chi connectivity index (χ0) is 23.1. The summed E-state index contributed by atoms with van der Waals surface area (Å²) in [6.07, 6.45) is -3.56. The Hall–Kier alpha value is -3.14. The molecule has 32 heavy (non-hydrogen) atoms. The number of carbonyl (C=O) groups excluding carboxylic acids is 2. The van der Waals surface area contributed by atoms with Crippen LogP contribution < -0.4 is 15.4 Å². The molecular weight excluding hydrogens is 430 g/mol. The van der Waals surface area contributed by atoms with Crippen molar-refractivity contribution in [3.8, 4) is 5.75 Å². The van der Waals surface area contributed by atoms with Gasteiger partial charge in [-0.2, -0.15) is 0 Å². The van der Waals surface area contributed by atoms with Gasteiger partial charge in [0.2, 0.25) is 11.8 Å². The number of ether oxygens (including phenoxy) is 1. The van der Waals surface area contributed by atoms with E-state index in [1.165, 1.54) is 24.3 Å². The van der Waals surface area contributed by atoms with Gasteiger partial charge in [0.15, 0.2) is 0 Å². The zero-order valence-corrected chi connectivity index (χ0v) is 17.1. The van der Waals surface area contributed by atoms with Crippen molar-refractivity contribution in [1.29, 1.82) is 0 Å².